The zero-order chi connectivity index (χ0) is 10.7. The molecule has 0 saturated carbocycles. The number of rotatable bonds is 0. The molecule has 0 saturated heterocycles. The van der Waals surface area contributed by atoms with Crippen molar-refractivity contribution in [2.24, 2.45) is 0 Å². The average molecular weight is 381 g/mol. The molecule has 0 rings (SSSR count). The molecule has 0 aliphatic heterocycles. The van der Waals surface area contributed by atoms with E-state index in [1.54, 1.807) is 0 Å². The van der Waals surface area contributed by atoms with Gasteiger partial charge in [-0.15, -0.1) is 0 Å². The lowest BCUT2D eigenvalue weighted by molar-refractivity contribution is -0.969. The number of nitrogens with zero attached hydrogens (tertiary/aromatic N) is 3. The second-order valence-corrected chi connectivity index (χ2v) is 0.758. The van der Waals surface area contributed by atoms with E-state index in [1.165, 1.54) is 0 Å². The van der Waals surface area contributed by atoms with Crippen molar-refractivity contribution in [2.75, 3.05) is 0 Å². The van der Waals surface area contributed by atoms with E-state index in [9.17, 15) is 0 Å². The Labute approximate surface area is 129 Å². The first kappa shape index (κ1) is 152. The van der Waals surface area contributed by atoms with Crippen LogP contribution in [0.15, 0.2) is 0 Å². The van der Waals surface area contributed by atoms with Crippen LogP contribution < -0.4 is 0 Å². The summed E-state index contributed by atoms with van der Waals surface area (Å²) in [5.74, 6) is 0. The fourth-order valence-corrected chi connectivity index (χ4v) is 0. The Bertz CT molecular complexity index is 116. The van der Waals surface area contributed by atoms with Gasteiger partial charge in [-0.25, -0.2) is 31.2 Å². The quantitative estimate of drug-likeness (QED) is 0.171. The molecule has 0 bridgehead atoms. The smallest absolute Gasteiger partial charge is 0.412 e. The lowest BCUT2D eigenvalue weighted by atomic mass is 13.1. The Morgan fingerprint density at radius 3 is 0.364 bits per heavy atom. The summed E-state index contributed by atoms with van der Waals surface area (Å²) in [5, 5.41) is 37.6. The van der Waals surface area contributed by atoms with E-state index in [0.29, 0.717) is 0 Å². The number of hydrogen-bond acceptors (Lipinski definition) is 3. The molecule has 0 aromatic heterocycles. The molecule has 0 spiro atoms. The van der Waals surface area contributed by atoms with Crippen LogP contribution in [0.5, 0.6) is 0 Å². The summed E-state index contributed by atoms with van der Waals surface area (Å²) in [5.41, 5.74) is 0. The molecule has 21 nitrogen and oxygen atoms in total. The van der Waals surface area contributed by atoms with E-state index < -0.39 is 15.3 Å². The first-order chi connectivity index (χ1) is 5.20. The predicted molar refractivity (Wildman–Crippen MR) is 59.9 cm³/mol. The van der Waals surface area contributed by atoms with E-state index in [0.717, 1.165) is 0 Å². The molecule has 0 heterocycles. The zero-order valence-electron chi connectivity index (χ0n) is 10.3. The van der Waals surface area contributed by atoms with Crippen LogP contribution >= 0.6 is 0 Å². The van der Waals surface area contributed by atoms with Gasteiger partial charge in [-0.1, -0.05) is 0 Å². The van der Waals surface area contributed by atoms with Gasteiger partial charge in [0.2, 0.25) is 0 Å². The highest BCUT2D eigenvalue weighted by Crippen LogP contribution is 1.32. The predicted octanol–water partition coefficient (Wildman–Crippen LogP) is -9.17. The minimum atomic E-state index is -1.25. The Morgan fingerprint density at radius 1 is 0.364 bits per heavy atom. The molecule has 0 aromatic carbocycles. The van der Waals surface area contributed by atoms with Gasteiger partial charge in [0.1, 0.15) is 14.7 Å². The van der Waals surface area contributed by atoms with Crippen molar-refractivity contribution in [2.45, 2.75) is 0 Å². The second kappa shape index (κ2) is 129. The molecule has 0 aliphatic carbocycles. The van der Waals surface area contributed by atoms with Crippen molar-refractivity contribution in [1.29, 1.82) is 0 Å². The molecule has 22 heteroatoms. The molecule has 0 aliphatic rings. The average Bonchev–Trinajstić information content (AvgIpc) is 1.54. The standard InChI is InChI=1S/Al.3H2NO3.9H2O/c;3*2-1(3)4;;;;;;;;;/h;3*(H2,2,3,4);9*1H2/q;3*+1;;;;;;;;;. The summed E-state index contributed by atoms with van der Waals surface area (Å²) in [6.45, 7) is 0. The highest BCUT2D eigenvalue weighted by Gasteiger charge is 1.79. The molecule has 0 amide bonds. The maximum atomic E-state index is 8.47. The fraction of sp³-hybridized carbons (Fsp3) is 0. The van der Waals surface area contributed by atoms with Crippen LogP contribution in [0.25, 0.3) is 0 Å². The minimum Gasteiger partial charge on any atom is -0.412 e. The monoisotopic (exact) mass is 381 g/mol. The van der Waals surface area contributed by atoms with Crippen LogP contribution in [-0.4, -0.2) is 113 Å². The molecule has 147 valence electrons. The summed E-state index contributed by atoms with van der Waals surface area (Å²) >= 11 is 0. The van der Waals surface area contributed by atoms with E-state index in [4.69, 9.17) is 46.0 Å². The Morgan fingerprint density at radius 2 is 0.364 bits per heavy atom. The molecule has 24 N–H and O–H groups in total. The summed E-state index contributed by atoms with van der Waals surface area (Å²) in [6, 6.07) is 0. The Hall–Kier alpha value is -2.23. The molecule has 3 radical (unpaired) electrons. The van der Waals surface area contributed by atoms with E-state index in [-0.39, 0.29) is 66.6 Å². The maximum Gasteiger partial charge on any atom is 0.472 e. The highest BCUT2D eigenvalue weighted by atomic mass is 27.0. The molecule has 0 atom stereocenters. The van der Waals surface area contributed by atoms with Crippen LogP contribution in [0, 0.1) is 14.7 Å². The van der Waals surface area contributed by atoms with Gasteiger partial charge >= 0.3 is 15.3 Å². The van der Waals surface area contributed by atoms with Gasteiger partial charge in [0.05, 0.1) is 0 Å². The third-order valence-corrected chi connectivity index (χ3v) is 0. The maximum absolute atomic E-state index is 8.47. The summed E-state index contributed by atoms with van der Waals surface area (Å²) in [6.07, 6.45) is 0. The third-order valence-electron chi connectivity index (χ3n) is 0. The van der Waals surface area contributed by atoms with Gasteiger partial charge in [-0.2, -0.15) is 0 Å². The first-order valence-corrected chi connectivity index (χ1v) is 1.75. The van der Waals surface area contributed by atoms with Gasteiger partial charge in [0, 0.05) is 17.4 Å². The van der Waals surface area contributed by atoms with Gasteiger partial charge in [0.15, 0.2) is 0 Å². The minimum absolute atomic E-state index is 0. The van der Waals surface area contributed by atoms with Gasteiger partial charge < -0.3 is 49.3 Å². The fourth-order valence-electron chi connectivity index (χ4n) is 0. The summed E-state index contributed by atoms with van der Waals surface area (Å²) in [7, 11) is 0. The van der Waals surface area contributed by atoms with Crippen molar-refractivity contribution < 1.29 is 95.8 Å². The molecular weight excluding hydrogens is 357 g/mol. The van der Waals surface area contributed by atoms with Crippen molar-refractivity contribution in [3.05, 3.63) is 14.7 Å². The SMILES string of the molecule is O.O.O.O.O.O.O.O.O.O=[N+](O)O.O=[N+](O)O.O=[N+](O)O.[Al]. The van der Waals surface area contributed by atoms with Crippen LogP contribution in [0.3, 0.4) is 0 Å². The van der Waals surface area contributed by atoms with Crippen molar-refractivity contribution >= 4 is 17.4 Å². The van der Waals surface area contributed by atoms with E-state index >= 15 is 0 Å². The highest BCUT2D eigenvalue weighted by molar-refractivity contribution is 5.75. The molecular formula is H24AlN3O18+3. The summed E-state index contributed by atoms with van der Waals surface area (Å²) < 4.78 is 0. The van der Waals surface area contributed by atoms with Gasteiger partial charge in [-0.3, -0.25) is 0 Å². The van der Waals surface area contributed by atoms with E-state index in [2.05, 4.69) is 0 Å². The molecule has 22 heavy (non-hydrogen) atoms. The molecule has 0 unspecified atom stereocenters. The lowest BCUT2D eigenvalue weighted by Crippen LogP contribution is -1.87. The molecule has 0 fully saturated rings. The van der Waals surface area contributed by atoms with Crippen LogP contribution in [0.4, 0.5) is 0 Å². The van der Waals surface area contributed by atoms with Gasteiger partial charge in [-0.05, 0) is 0 Å². The van der Waals surface area contributed by atoms with Crippen LogP contribution in [0.2, 0.25) is 0 Å². The van der Waals surface area contributed by atoms with Crippen LogP contribution in [-0.2, 0) is 0 Å². The third kappa shape index (κ3) is 1010. The zero-order valence-corrected chi connectivity index (χ0v) is 11.5. The van der Waals surface area contributed by atoms with Gasteiger partial charge in [0.25, 0.3) is 0 Å². The van der Waals surface area contributed by atoms with Crippen molar-refractivity contribution in [1.82, 2.24) is 0 Å². The summed E-state index contributed by atoms with van der Waals surface area (Å²) in [4.78, 5) is 25.4. The largest absolute Gasteiger partial charge is 0.472 e. The topological polar surface area (TPSA) is 465 Å². The lowest BCUT2D eigenvalue weighted by Gasteiger charge is -1.45. The van der Waals surface area contributed by atoms with E-state index in [1.807, 2.05) is 0 Å². The second-order valence-electron chi connectivity index (χ2n) is 0.758. The van der Waals surface area contributed by atoms with Crippen molar-refractivity contribution in [3.63, 3.8) is 0 Å². The first-order valence-electron chi connectivity index (χ1n) is 1.75. The normalized spacial score (nSPS) is 3.27. The number of hydrogen-bond donors (Lipinski definition) is 6. The van der Waals surface area contributed by atoms with Crippen molar-refractivity contribution in [3.8, 4) is 0 Å². The van der Waals surface area contributed by atoms with Crippen LogP contribution in [0.1, 0.15) is 0 Å². The Balaban J connectivity index is -0.00000000409. The Kier molecular flexibility index (Phi) is 893. The molecule has 0 aromatic rings.